The van der Waals surface area contributed by atoms with E-state index in [4.69, 9.17) is 0 Å². The number of amides is 1. The van der Waals surface area contributed by atoms with Crippen molar-refractivity contribution >= 4 is 27.3 Å². The number of non-ortho nitro benzene ring substituents is 1. The Morgan fingerprint density at radius 2 is 1.60 bits per heavy atom. The van der Waals surface area contributed by atoms with Crippen LogP contribution in [-0.4, -0.2) is 31.8 Å². The lowest BCUT2D eigenvalue weighted by Gasteiger charge is -2.30. The van der Waals surface area contributed by atoms with Crippen LogP contribution in [0.2, 0.25) is 0 Å². The minimum absolute atomic E-state index is 0.0161. The second-order valence-corrected chi connectivity index (χ2v) is 10.9. The van der Waals surface area contributed by atoms with Crippen molar-refractivity contribution in [1.82, 2.24) is 5.32 Å². The van der Waals surface area contributed by atoms with Gasteiger partial charge in [0.2, 0.25) is 5.91 Å². The first-order chi connectivity index (χ1) is 16.5. The van der Waals surface area contributed by atoms with E-state index in [9.17, 15) is 23.3 Å². The van der Waals surface area contributed by atoms with E-state index in [1.807, 2.05) is 37.3 Å². The molecule has 0 saturated heterocycles. The minimum Gasteiger partial charge on any atom is -0.352 e. The van der Waals surface area contributed by atoms with E-state index in [2.05, 4.69) is 19.2 Å². The standard InChI is InChI=1S/C26H29N3O5S/c1-20(18-26(2,3)21-11-6-4-7-12-21)27-25(30)19-28(22-13-10-14-23(17-22)29(31)32)35(33,34)24-15-8-5-9-16-24/h4-17,20H,18-19H2,1-3H3,(H,27,30). The number of hydrogen-bond donors (Lipinski definition) is 1. The summed E-state index contributed by atoms with van der Waals surface area (Å²) < 4.78 is 27.8. The van der Waals surface area contributed by atoms with E-state index in [1.165, 1.54) is 30.3 Å². The van der Waals surface area contributed by atoms with Gasteiger partial charge in [0.15, 0.2) is 0 Å². The molecule has 9 heteroatoms. The number of carbonyl (C=O) groups is 1. The molecule has 1 atom stereocenters. The highest BCUT2D eigenvalue weighted by atomic mass is 32.2. The van der Waals surface area contributed by atoms with Crippen molar-refractivity contribution in [2.45, 2.75) is 43.5 Å². The van der Waals surface area contributed by atoms with Gasteiger partial charge in [-0.3, -0.25) is 19.2 Å². The molecule has 0 aromatic heterocycles. The number of nitrogens with one attached hydrogen (secondary N) is 1. The summed E-state index contributed by atoms with van der Waals surface area (Å²) >= 11 is 0. The normalized spacial score (nSPS) is 12.5. The third-order valence-corrected chi connectivity index (χ3v) is 7.51. The van der Waals surface area contributed by atoms with Crippen molar-refractivity contribution < 1.29 is 18.1 Å². The molecule has 0 saturated carbocycles. The molecule has 0 aliphatic carbocycles. The predicted molar refractivity (Wildman–Crippen MR) is 136 cm³/mol. The van der Waals surface area contributed by atoms with Crippen LogP contribution in [0.4, 0.5) is 11.4 Å². The highest BCUT2D eigenvalue weighted by Gasteiger charge is 2.29. The molecule has 0 bridgehead atoms. The highest BCUT2D eigenvalue weighted by molar-refractivity contribution is 7.92. The van der Waals surface area contributed by atoms with Crippen molar-refractivity contribution in [2.24, 2.45) is 0 Å². The van der Waals surface area contributed by atoms with Crippen LogP contribution in [0.3, 0.4) is 0 Å². The smallest absolute Gasteiger partial charge is 0.271 e. The Morgan fingerprint density at radius 3 is 2.20 bits per heavy atom. The van der Waals surface area contributed by atoms with Crippen LogP contribution >= 0.6 is 0 Å². The van der Waals surface area contributed by atoms with Gasteiger partial charge in [-0.15, -0.1) is 0 Å². The van der Waals surface area contributed by atoms with Gasteiger partial charge in [-0.05, 0) is 42.5 Å². The fraction of sp³-hybridized carbons (Fsp3) is 0.269. The molecule has 3 rings (SSSR count). The molecule has 3 aromatic rings. The lowest BCUT2D eigenvalue weighted by molar-refractivity contribution is -0.384. The molecule has 1 unspecified atom stereocenters. The van der Waals surface area contributed by atoms with Crippen molar-refractivity contribution in [1.29, 1.82) is 0 Å². The Bertz CT molecular complexity index is 1280. The van der Waals surface area contributed by atoms with Gasteiger partial charge in [0, 0.05) is 18.2 Å². The molecule has 0 aliphatic rings. The number of benzene rings is 3. The molecule has 0 aliphatic heterocycles. The van der Waals surface area contributed by atoms with Crippen molar-refractivity contribution in [2.75, 3.05) is 10.8 Å². The summed E-state index contributed by atoms with van der Waals surface area (Å²) in [4.78, 5) is 23.7. The molecule has 0 spiro atoms. The molecule has 1 N–H and O–H groups in total. The van der Waals surface area contributed by atoms with E-state index >= 15 is 0 Å². The Balaban J connectivity index is 1.84. The first-order valence-corrected chi connectivity index (χ1v) is 12.6. The van der Waals surface area contributed by atoms with Crippen LogP contribution < -0.4 is 9.62 Å². The first-order valence-electron chi connectivity index (χ1n) is 11.2. The van der Waals surface area contributed by atoms with E-state index in [1.54, 1.807) is 18.2 Å². The van der Waals surface area contributed by atoms with Crippen molar-refractivity contribution in [3.63, 3.8) is 0 Å². The number of carbonyl (C=O) groups excluding carboxylic acids is 1. The number of nitro benzene ring substituents is 1. The van der Waals surface area contributed by atoms with Gasteiger partial charge in [-0.1, -0.05) is 68.4 Å². The van der Waals surface area contributed by atoms with Gasteiger partial charge >= 0.3 is 0 Å². The number of rotatable bonds is 10. The van der Waals surface area contributed by atoms with Crippen LogP contribution in [0.15, 0.2) is 89.8 Å². The minimum atomic E-state index is -4.16. The highest BCUT2D eigenvalue weighted by Crippen LogP contribution is 2.29. The van der Waals surface area contributed by atoms with Crippen molar-refractivity contribution in [3.8, 4) is 0 Å². The van der Waals surface area contributed by atoms with Crippen LogP contribution in [0.25, 0.3) is 0 Å². The maximum absolute atomic E-state index is 13.4. The molecular formula is C26H29N3O5S. The van der Waals surface area contributed by atoms with Gasteiger partial charge in [0.05, 0.1) is 15.5 Å². The second-order valence-electron chi connectivity index (χ2n) is 9.02. The number of hydrogen-bond acceptors (Lipinski definition) is 5. The SMILES string of the molecule is CC(CC(C)(C)c1ccccc1)NC(=O)CN(c1cccc([N+](=O)[O-])c1)S(=O)(=O)c1ccccc1. The summed E-state index contributed by atoms with van der Waals surface area (Å²) in [6, 6.07) is 22.6. The van der Waals surface area contributed by atoms with E-state index in [-0.39, 0.29) is 27.7 Å². The zero-order chi connectivity index (χ0) is 25.6. The molecule has 1 amide bonds. The lowest BCUT2D eigenvalue weighted by atomic mass is 9.79. The molecule has 184 valence electrons. The largest absolute Gasteiger partial charge is 0.352 e. The fourth-order valence-corrected chi connectivity index (χ4v) is 5.50. The topological polar surface area (TPSA) is 110 Å². The molecule has 35 heavy (non-hydrogen) atoms. The first kappa shape index (κ1) is 25.9. The van der Waals surface area contributed by atoms with Crippen LogP contribution in [-0.2, 0) is 20.2 Å². The molecule has 0 radical (unpaired) electrons. The molecule has 0 fully saturated rings. The number of nitro groups is 1. The average Bonchev–Trinajstić information content (AvgIpc) is 2.83. The van der Waals surface area contributed by atoms with Crippen LogP contribution in [0.5, 0.6) is 0 Å². The quantitative estimate of drug-likeness (QED) is 0.325. The number of sulfonamides is 1. The zero-order valence-electron chi connectivity index (χ0n) is 19.9. The summed E-state index contributed by atoms with van der Waals surface area (Å²) in [5, 5.41) is 14.2. The summed E-state index contributed by atoms with van der Waals surface area (Å²) in [6.07, 6.45) is 0.630. The molecule has 8 nitrogen and oxygen atoms in total. The summed E-state index contributed by atoms with van der Waals surface area (Å²) in [6.45, 7) is 5.51. The van der Waals surface area contributed by atoms with Crippen LogP contribution in [0.1, 0.15) is 32.8 Å². The zero-order valence-corrected chi connectivity index (χ0v) is 20.7. The fourth-order valence-electron chi connectivity index (χ4n) is 4.07. The number of nitrogens with zero attached hydrogens (tertiary/aromatic N) is 2. The summed E-state index contributed by atoms with van der Waals surface area (Å²) in [5.41, 5.74) is 0.680. The third-order valence-electron chi connectivity index (χ3n) is 5.73. The molecule has 3 aromatic carbocycles. The van der Waals surface area contributed by atoms with Gasteiger partial charge in [-0.2, -0.15) is 0 Å². The summed E-state index contributed by atoms with van der Waals surface area (Å²) in [5.74, 6) is -0.507. The van der Waals surface area contributed by atoms with Crippen molar-refractivity contribution in [3.05, 3.63) is 101 Å². The van der Waals surface area contributed by atoms with Gasteiger partial charge in [0.25, 0.3) is 15.7 Å². The van der Waals surface area contributed by atoms with E-state index in [0.717, 1.165) is 15.9 Å². The maximum Gasteiger partial charge on any atom is 0.271 e. The van der Waals surface area contributed by atoms with Gasteiger partial charge < -0.3 is 5.32 Å². The van der Waals surface area contributed by atoms with E-state index in [0.29, 0.717) is 6.42 Å². The Hall–Kier alpha value is -3.72. The third kappa shape index (κ3) is 6.45. The molecule has 0 heterocycles. The Labute approximate surface area is 205 Å². The Morgan fingerprint density at radius 1 is 1.00 bits per heavy atom. The predicted octanol–water partition coefficient (Wildman–Crippen LogP) is 4.66. The van der Waals surface area contributed by atoms with Gasteiger partial charge in [-0.25, -0.2) is 8.42 Å². The Kier molecular flexibility index (Phi) is 7.91. The monoisotopic (exact) mass is 495 g/mol. The summed E-state index contributed by atoms with van der Waals surface area (Å²) in [7, 11) is -4.16. The van der Waals surface area contributed by atoms with Gasteiger partial charge in [0.1, 0.15) is 6.54 Å². The molecular weight excluding hydrogens is 466 g/mol. The second kappa shape index (κ2) is 10.7. The number of anilines is 1. The maximum atomic E-state index is 13.4. The van der Waals surface area contributed by atoms with E-state index < -0.39 is 27.4 Å². The average molecular weight is 496 g/mol. The lowest BCUT2D eigenvalue weighted by Crippen LogP contribution is -2.45. The van der Waals surface area contributed by atoms with Crippen LogP contribution in [0, 0.1) is 10.1 Å².